The SMILES string of the molecule is CC[C@@H](C(=O)NC1CCCCC1)N(CCc1ccccc1)C(=O)CN(c1ccc(OC)c(OC)c1)S(=O)(=O)c1ccc(C)cc1. The summed E-state index contributed by atoms with van der Waals surface area (Å²) >= 11 is 0. The van der Waals surface area contributed by atoms with E-state index >= 15 is 0 Å². The van der Waals surface area contributed by atoms with Crippen LogP contribution in [-0.2, 0) is 26.0 Å². The van der Waals surface area contributed by atoms with Gasteiger partial charge in [-0.1, -0.05) is 74.2 Å². The minimum atomic E-state index is -4.20. The molecule has 0 bridgehead atoms. The van der Waals surface area contributed by atoms with E-state index in [1.165, 1.54) is 26.4 Å². The van der Waals surface area contributed by atoms with Gasteiger partial charge in [0, 0.05) is 18.7 Å². The Morgan fingerprint density at radius 3 is 2.20 bits per heavy atom. The molecule has 1 N–H and O–H groups in total. The average molecular weight is 636 g/mol. The fourth-order valence-electron chi connectivity index (χ4n) is 5.79. The summed E-state index contributed by atoms with van der Waals surface area (Å²) in [6, 6.07) is 20.3. The van der Waals surface area contributed by atoms with Crippen molar-refractivity contribution in [2.45, 2.75) is 75.8 Å². The van der Waals surface area contributed by atoms with Crippen molar-refractivity contribution in [3.63, 3.8) is 0 Å². The maximum Gasteiger partial charge on any atom is 0.264 e. The minimum Gasteiger partial charge on any atom is -0.493 e. The molecule has 3 aromatic rings. The van der Waals surface area contributed by atoms with Gasteiger partial charge in [-0.3, -0.25) is 13.9 Å². The van der Waals surface area contributed by atoms with Crippen molar-refractivity contribution in [3.8, 4) is 11.5 Å². The first-order valence-corrected chi connectivity index (χ1v) is 17.1. The van der Waals surface area contributed by atoms with Gasteiger partial charge in [-0.15, -0.1) is 0 Å². The summed E-state index contributed by atoms with van der Waals surface area (Å²) in [5.41, 5.74) is 2.16. The van der Waals surface area contributed by atoms with Crippen LogP contribution in [0.3, 0.4) is 0 Å². The molecule has 0 spiro atoms. The average Bonchev–Trinajstić information content (AvgIpc) is 3.06. The lowest BCUT2D eigenvalue weighted by Crippen LogP contribution is -2.54. The first-order chi connectivity index (χ1) is 21.7. The maximum absolute atomic E-state index is 14.3. The Labute approximate surface area is 267 Å². The molecule has 1 aliphatic carbocycles. The topological polar surface area (TPSA) is 105 Å². The number of benzene rings is 3. The Kier molecular flexibility index (Phi) is 11.9. The van der Waals surface area contributed by atoms with E-state index in [0.29, 0.717) is 24.3 Å². The van der Waals surface area contributed by atoms with Crippen molar-refractivity contribution < 1.29 is 27.5 Å². The summed E-state index contributed by atoms with van der Waals surface area (Å²) in [6.45, 7) is 3.50. The summed E-state index contributed by atoms with van der Waals surface area (Å²) < 4.78 is 40.3. The Balaban J connectivity index is 1.71. The molecule has 1 fully saturated rings. The summed E-state index contributed by atoms with van der Waals surface area (Å²) in [6.07, 6.45) is 6.03. The number of hydrogen-bond acceptors (Lipinski definition) is 6. The van der Waals surface area contributed by atoms with Crippen LogP contribution in [-0.4, -0.2) is 64.5 Å². The summed E-state index contributed by atoms with van der Waals surface area (Å²) in [5.74, 6) is 0.0767. The number of nitrogens with one attached hydrogen (secondary N) is 1. The highest BCUT2D eigenvalue weighted by Gasteiger charge is 2.34. The third kappa shape index (κ3) is 8.57. The highest BCUT2D eigenvalue weighted by atomic mass is 32.2. The van der Waals surface area contributed by atoms with E-state index in [1.54, 1.807) is 35.2 Å². The van der Waals surface area contributed by atoms with E-state index in [-0.39, 0.29) is 29.1 Å². The smallest absolute Gasteiger partial charge is 0.264 e. The first-order valence-electron chi connectivity index (χ1n) is 15.6. The van der Waals surface area contributed by atoms with Crippen LogP contribution in [0.15, 0.2) is 77.7 Å². The van der Waals surface area contributed by atoms with Gasteiger partial charge in [0.2, 0.25) is 11.8 Å². The molecule has 0 radical (unpaired) electrons. The van der Waals surface area contributed by atoms with Crippen molar-refractivity contribution in [3.05, 3.63) is 83.9 Å². The standard InChI is InChI=1S/C35H45N3O6S/c1-5-31(35(40)36-28-14-10-7-11-15-28)37(23-22-27-12-8-6-9-13-27)34(39)25-38(29-18-21-32(43-3)33(24-29)44-4)45(41,42)30-19-16-26(2)17-20-30/h6,8-9,12-13,16-21,24,28,31H,5,7,10-11,14-15,22-23,25H2,1-4H3,(H,36,40)/t31-/m0/s1. The Bertz CT molecular complexity index is 1520. The Morgan fingerprint density at radius 1 is 0.911 bits per heavy atom. The zero-order valence-corrected chi connectivity index (χ0v) is 27.5. The van der Waals surface area contributed by atoms with Crippen LogP contribution in [0.4, 0.5) is 5.69 Å². The highest BCUT2D eigenvalue weighted by Crippen LogP contribution is 2.34. The molecule has 4 rings (SSSR count). The van der Waals surface area contributed by atoms with Gasteiger partial charge in [-0.2, -0.15) is 0 Å². The van der Waals surface area contributed by atoms with E-state index in [4.69, 9.17) is 9.47 Å². The predicted octanol–water partition coefficient (Wildman–Crippen LogP) is 5.51. The van der Waals surface area contributed by atoms with Crippen LogP contribution in [0.5, 0.6) is 11.5 Å². The molecular weight excluding hydrogens is 590 g/mol. The molecule has 242 valence electrons. The third-order valence-electron chi connectivity index (χ3n) is 8.36. The van der Waals surface area contributed by atoms with E-state index in [2.05, 4.69) is 5.32 Å². The fraction of sp³-hybridized carbons (Fsp3) is 0.429. The largest absolute Gasteiger partial charge is 0.493 e. The molecule has 2 amide bonds. The molecule has 0 aliphatic heterocycles. The van der Waals surface area contributed by atoms with Crippen LogP contribution in [0.1, 0.15) is 56.6 Å². The van der Waals surface area contributed by atoms with Gasteiger partial charge in [0.1, 0.15) is 12.6 Å². The van der Waals surface area contributed by atoms with E-state index in [9.17, 15) is 18.0 Å². The highest BCUT2D eigenvalue weighted by molar-refractivity contribution is 7.92. The molecule has 3 aromatic carbocycles. The second-order valence-corrected chi connectivity index (χ2v) is 13.3. The van der Waals surface area contributed by atoms with Gasteiger partial charge in [-0.25, -0.2) is 8.42 Å². The molecule has 1 atom stereocenters. The second-order valence-electron chi connectivity index (χ2n) is 11.5. The number of carbonyl (C=O) groups is 2. The second kappa shape index (κ2) is 15.8. The molecule has 0 unspecified atom stereocenters. The molecule has 1 saturated carbocycles. The lowest BCUT2D eigenvalue weighted by Gasteiger charge is -2.34. The lowest BCUT2D eigenvalue weighted by atomic mass is 9.95. The van der Waals surface area contributed by atoms with Crippen LogP contribution in [0.2, 0.25) is 0 Å². The van der Waals surface area contributed by atoms with E-state index < -0.39 is 28.5 Å². The van der Waals surface area contributed by atoms with Crippen molar-refractivity contribution in [1.82, 2.24) is 10.2 Å². The number of carbonyl (C=O) groups excluding carboxylic acids is 2. The van der Waals surface area contributed by atoms with Crippen molar-refractivity contribution >= 4 is 27.5 Å². The molecule has 1 aliphatic rings. The number of amides is 2. The van der Waals surface area contributed by atoms with Gasteiger partial charge in [0.15, 0.2) is 11.5 Å². The number of ether oxygens (including phenoxy) is 2. The van der Waals surface area contributed by atoms with E-state index in [0.717, 1.165) is 47.5 Å². The van der Waals surface area contributed by atoms with E-state index in [1.807, 2.05) is 44.2 Å². The summed E-state index contributed by atoms with van der Waals surface area (Å²) in [4.78, 5) is 29.6. The maximum atomic E-state index is 14.3. The van der Waals surface area contributed by atoms with Gasteiger partial charge >= 0.3 is 0 Å². The predicted molar refractivity (Wildman–Crippen MR) is 176 cm³/mol. The quantitative estimate of drug-likeness (QED) is 0.251. The summed E-state index contributed by atoms with van der Waals surface area (Å²) in [7, 11) is -1.24. The normalized spacial score (nSPS) is 14.3. The number of rotatable bonds is 14. The van der Waals surface area contributed by atoms with Crippen molar-refractivity contribution in [2.24, 2.45) is 0 Å². The first kappa shape index (κ1) is 33.8. The summed E-state index contributed by atoms with van der Waals surface area (Å²) in [5, 5.41) is 3.18. The van der Waals surface area contributed by atoms with Gasteiger partial charge in [0.25, 0.3) is 10.0 Å². The number of nitrogens with zero attached hydrogens (tertiary/aromatic N) is 2. The van der Waals surface area contributed by atoms with Crippen molar-refractivity contribution in [2.75, 3.05) is 31.6 Å². The molecule has 45 heavy (non-hydrogen) atoms. The lowest BCUT2D eigenvalue weighted by molar-refractivity contribution is -0.140. The van der Waals surface area contributed by atoms with Crippen LogP contribution < -0.4 is 19.1 Å². The number of aryl methyl sites for hydroxylation is 1. The molecule has 0 saturated heterocycles. The van der Waals surface area contributed by atoms with Gasteiger partial charge in [-0.05, 0) is 62.4 Å². The zero-order valence-electron chi connectivity index (χ0n) is 26.7. The Morgan fingerprint density at radius 2 is 1.58 bits per heavy atom. The van der Waals surface area contributed by atoms with Crippen LogP contribution in [0, 0.1) is 6.92 Å². The van der Waals surface area contributed by atoms with Crippen LogP contribution >= 0.6 is 0 Å². The Hall–Kier alpha value is -4.05. The minimum absolute atomic E-state index is 0.0496. The van der Waals surface area contributed by atoms with Gasteiger partial charge < -0.3 is 19.7 Å². The molecular formula is C35H45N3O6S. The van der Waals surface area contributed by atoms with Crippen molar-refractivity contribution in [1.29, 1.82) is 0 Å². The molecule has 0 heterocycles. The monoisotopic (exact) mass is 635 g/mol. The number of hydrogen-bond donors (Lipinski definition) is 1. The molecule has 10 heteroatoms. The molecule has 9 nitrogen and oxygen atoms in total. The number of anilines is 1. The molecule has 0 aromatic heterocycles. The number of sulfonamides is 1. The third-order valence-corrected chi connectivity index (χ3v) is 10.2. The van der Waals surface area contributed by atoms with Crippen LogP contribution in [0.25, 0.3) is 0 Å². The van der Waals surface area contributed by atoms with Gasteiger partial charge in [0.05, 0.1) is 24.8 Å². The zero-order chi connectivity index (χ0) is 32.4. The fourth-order valence-corrected chi connectivity index (χ4v) is 7.19. The number of methoxy groups -OCH3 is 2.